The highest BCUT2D eigenvalue weighted by molar-refractivity contribution is 6.04. The topological polar surface area (TPSA) is 136 Å². The van der Waals surface area contributed by atoms with Crippen LogP contribution in [0.3, 0.4) is 0 Å². The van der Waals surface area contributed by atoms with Gasteiger partial charge in [0.2, 0.25) is 5.65 Å². The van der Waals surface area contributed by atoms with Crippen LogP contribution in [-0.2, 0) is 4.74 Å². The molecule has 0 bridgehead atoms. The molecule has 2 saturated heterocycles. The predicted octanol–water partition coefficient (Wildman–Crippen LogP) is 1.71. The molecule has 0 spiro atoms. The molecule has 11 nitrogen and oxygen atoms in total. The van der Waals surface area contributed by atoms with Crippen molar-refractivity contribution in [3.8, 4) is 0 Å². The van der Waals surface area contributed by atoms with Gasteiger partial charge in [-0.05, 0) is 19.3 Å². The zero-order chi connectivity index (χ0) is 21.7. The molecule has 0 radical (unpaired) electrons. The molecule has 1 aliphatic carbocycles. The Kier molecular flexibility index (Phi) is 4.72. The maximum atomic E-state index is 12.9. The molecule has 11 heteroatoms. The van der Waals surface area contributed by atoms with E-state index in [2.05, 4.69) is 15.3 Å². The van der Waals surface area contributed by atoms with Gasteiger partial charge < -0.3 is 34.4 Å². The van der Waals surface area contributed by atoms with Crippen LogP contribution in [0.1, 0.15) is 41.4 Å². The molecule has 0 aromatic carbocycles. The number of oxazole rings is 2. The second kappa shape index (κ2) is 7.75. The number of anilines is 3. The van der Waals surface area contributed by atoms with E-state index in [1.807, 2.05) is 15.9 Å². The lowest BCUT2D eigenvalue weighted by atomic mass is 10.2. The highest BCUT2D eigenvalue weighted by atomic mass is 16.5. The van der Waals surface area contributed by atoms with Gasteiger partial charge in [0.15, 0.2) is 11.3 Å². The molecule has 3 aromatic heterocycles. The Balaban J connectivity index is 1.25. The van der Waals surface area contributed by atoms with Crippen LogP contribution in [0.5, 0.6) is 0 Å². The normalized spacial score (nSPS) is 21.5. The first kappa shape index (κ1) is 19.5. The van der Waals surface area contributed by atoms with Crippen molar-refractivity contribution >= 4 is 34.9 Å². The number of carbonyl (C=O) groups is 1. The van der Waals surface area contributed by atoms with Crippen LogP contribution in [0.25, 0.3) is 11.2 Å². The van der Waals surface area contributed by atoms with Gasteiger partial charge in [-0.3, -0.25) is 4.79 Å². The number of hydrogen-bond donors (Lipinski definition) is 2. The Morgan fingerprint density at radius 2 is 1.91 bits per heavy atom. The minimum atomic E-state index is -0.348. The maximum absolute atomic E-state index is 12.9. The van der Waals surface area contributed by atoms with E-state index in [4.69, 9.17) is 24.3 Å². The Morgan fingerprint density at radius 1 is 1.06 bits per heavy atom. The van der Waals surface area contributed by atoms with Crippen LogP contribution >= 0.6 is 0 Å². The van der Waals surface area contributed by atoms with Crippen LogP contribution in [-0.4, -0.2) is 66.3 Å². The molecule has 3 aromatic rings. The van der Waals surface area contributed by atoms with E-state index in [9.17, 15) is 4.79 Å². The van der Waals surface area contributed by atoms with Crippen LogP contribution < -0.4 is 20.9 Å². The number of hydrogen-bond acceptors (Lipinski definition) is 10. The standard InChI is InChI=1S/C21H25N7O4/c22-13-3-4-28(10-13)20-24-15(11-31-20)19(29)23-14-9-16-18(25-17(14)12-1-2-12)26-21(32-16)27-5-7-30-8-6-27/h9,11-13H,1-8,10,22H2,(H,23,29). The Bertz CT molecular complexity index is 1150. The number of morpholine rings is 1. The molecule has 168 valence electrons. The van der Waals surface area contributed by atoms with Crippen LogP contribution in [0.2, 0.25) is 0 Å². The fraction of sp³-hybridized carbons (Fsp3) is 0.524. The molecule has 6 rings (SSSR count). The van der Waals surface area contributed by atoms with Crippen molar-refractivity contribution in [1.82, 2.24) is 15.0 Å². The van der Waals surface area contributed by atoms with E-state index in [1.54, 1.807) is 0 Å². The molecule has 1 saturated carbocycles. The van der Waals surface area contributed by atoms with Gasteiger partial charge in [0.25, 0.3) is 17.9 Å². The molecular formula is C21H25N7O4. The van der Waals surface area contributed by atoms with Gasteiger partial charge in [0.05, 0.1) is 24.6 Å². The van der Waals surface area contributed by atoms with Gasteiger partial charge in [-0.2, -0.15) is 9.97 Å². The predicted molar refractivity (Wildman–Crippen MR) is 116 cm³/mol. The number of carbonyl (C=O) groups excluding carboxylic acids is 1. The van der Waals surface area contributed by atoms with Crippen molar-refractivity contribution in [1.29, 1.82) is 0 Å². The minimum absolute atomic E-state index is 0.0994. The summed E-state index contributed by atoms with van der Waals surface area (Å²) in [6.07, 6.45) is 4.34. The second-order valence-corrected chi connectivity index (χ2v) is 8.58. The van der Waals surface area contributed by atoms with Crippen LogP contribution in [0.4, 0.5) is 17.7 Å². The lowest BCUT2D eigenvalue weighted by Gasteiger charge is -2.24. The van der Waals surface area contributed by atoms with E-state index >= 15 is 0 Å². The Labute approximate surface area is 183 Å². The number of pyridine rings is 1. The second-order valence-electron chi connectivity index (χ2n) is 8.58. The largest absolute Gasteiger partial charge is 0.431 e. The van der Waals surface area contributed by atoms with E-state index in [-0.39, 0.29) is 17.6 Å². The summed E-state index contributed by atoms with van der Waals surface area (Å²) >= 11 is 0. The highest BCUT2D eigenvalue weighted by Gasteiger charge is 2.31. The van der Waals surface area contributed by atoms with E-state index < -0.39 is 0 Å². The minimum Gasteiger partial charge on any atom is -0.431 e. The molecule has 32 heavy (non-hydrogen) atoms. The molecule has 3 aliphatic rings. The summed E-state index contributed by atoms with van der Waals surface area (Å²) in [7, 11) is 0. The molecule has 1 amide bonds. The van der Waals surface area contributed by atoms with Crippen molar-refractivity contribution in [3.63, 3.8) is 0 Å². The van der Waals surface area contributed by atoms with Crippen molar-refractivity contribution in [2.75, 3.05) is 54.5 Å². The Morgan fingerprint density at radius 3 is 2.66 bits per heavy atom. The summed E-state index contributed by atoms with van der Waals surface area (Å²) in [6, 6.07) is 2.86. The van der Waals surface area contributed by atoms with Crippen molar-refractivity contribution in [2.45, 2.75) is 31.2 Å². The number of aromatic nitrogens is 3. The van der Waals surface area contributed by atoms with Gasteiger partial charge >= 0.3 is 0 Å². The molecule has 1 unspecified atom stereocenters. The first-order valence-corrected chi connectivity index (χ1v) is 11.1. The first-order chi connectivity index (χ1) is 15.6. The van der Waals surface area contributed by atoms with E-state index in [0.717, 1.165) is 44.6 Å². The Hall–Kier alpha value is -3.18. The maximum Gasteiger partial charge on any atom is 0.300 e. The molecule has 3 fully saturated rings. The summed E-state index contributed by atoms with van der Waals surface area (Å²) in [5.74, 6) is -0.0309. The summed E-state index contributed by atoms with van der Waals surface area (Å²) in [4.78, 5) is 30.6. The number of nitrogens with two attached hydrogens (primary N) is 1. The van der Waals surface area contributed by atoms with Crippen LogP contribution in [0.15, 0.2) is 21.2 Å². The third-order valence-corrected chi connectivity index (χ3v) is 6.11. The lowest BCUT2D eigenvalue weighted by Crippen LogP contribution is -2.36. The number of ether oxygens (including phenoxy) is 1. The van der Waals surface area contributed by atoms with E-state index in [0.29, 0.717) is 54.6 Å². The lowest BCUT2D eigenvalue weighted by molar-refractivity contribution is 0.102. The molecule has 2 aliphatic heterocycles. The molecular weight excluding hydrogens is 414 g/mol. The number of fused-ring (bicyclic) bond motifs is 1. The average Bonchev–Trinajstić information content (AvgIpc) is 3.19. The monoisotopic (exact) mass is 439 g/mol. The number of amides is 1. The van der Waals surface area contributed by atoms with Crippen molar-refractivity contribution in [2.24, 2.45) is 5.73 Å². The molecule has 3 N–H and O–H groups in total. The summed E-state index contributed by atoms with van der Waals surface area (Å²) in [6.45, 7) is 4.18. The van der Waals surface area contributed by atoms with Gasteiger partial charge in [0.1, 0.15) is 6.26 Å². The summed E-state index contributed by atoms with van der Waals surface area (Å²) in [5.41, 5.74) is 8.73. The molecule has 1 atom stereocenters. The van der Waals surface area contributed by atoms with E-state index in [1.165, 1.54) is 6.26 Å². The first-order valence-electron chi connectivity index (χ1n) is 11.1. The molecule has 5 heterocycles. The van der Waals surface area contributed by atoms with Gasteiger partial charge in [-0.15, -0.1) is 0 Å². The van der Waals surface area contributed by atoms with Crippen LogP contribution in [0, 0.1) is 0 Å². The number of nitrogens with one attached hydrogen (secondary N) is 1. The van der Waals surface area contributed by atoms with Gasteiger partial charge in [0, 0.05) is 44.2 Å². The van der Waals surface area contributed by atoms with Gasteiger partial charge in [-0.1, -0.05) is 0 Å². The SMILES string of the molecule is NC1CCN(c2nc(C(=O)Nc3cc4oc(N5CCOCC5)nc4nc3C3CC3)co2)C1. The zero-order valence-corrected chi connectivity index (χ0v) is 17.6. The smallest absolute Gasteiger partial charge is 0.300 e. The summed E-state index contributed by atoms with van der Waals surface area (Å²) in [5, 5.41) is 2.95. The zero-order valence-electron chi connectivity index (χ0n) is 17.6. The number of rotatable bonds is 5. The number of nitrogens with zero attached hydrogens (tertiary/aromatic N) is 5. The fourth-order valence-corrected chi connectivity index (χ4v) is 4.19. The average molecular weight is 439 g/mol. The van der Waals surface area contributed by atoms with Crippen molar-refractivity contribution < 1.29 is 18.4 Å². The highest BCUT2D eigenvalue weighted by Crippen LogP contribution is 2.43. The fourth-order valence-electron chi connectivity index (χ4n) is 4.19. The summed E-state index contributed by atoms with van der Waals surface area (Å²) < 4.78 is 16.9. The quantitative estimate of drug-likeness (QED) is 0.605. The van der Waals surface area contributed by atoms with Gasteiger partial charge in [-0.25, -0.2) is 4.98 Å². The third-order valence-electron chi connectivity index (χ3n) is 6.11. The third kappa shape index (κ3) is 3.67. The van der Waals surface area contributed by atoms with Crippen molar-refractivity contribution in [3.05, 3.63) is 23.7 Å².